The number of hydrogen-bond donors (Lipinski definition) is 1. The molecule has 7 nitrogen and oxygen atoms in total. The Bertz CT molecular complexity index is 587. The van der Waals surface area contributed by atoms with Gasteiger partial charge in [0.25, 0.3) is 0 Å². The number of halogens is 3. The molecule has 2 heterocycles. The van der Waals surface area contributed by atoms with Crippen LogP contribution in [0.4, 0.5) is 13.2 Å². The standard InChI is InChI=1S/C13H16F3N3O4/c1-23-9-4-8(5-12(21)22)19(6-9)11(20)7-18-3-2-10(17-18)13(14,15)16/h2-3,8-9H,4-7H2,1H3,(H,21,22). The zero-order valence-corrected chi connectivity index (χ0v) is 12.3. The van der Waals surface area contributed by atoms with Gasteiger partial charge in [-0.25, -0.2) is 0 Å². The van der Waals surface area contributed by atoms with Gasteiger partial charge in [0.2, 0.25) is 5.91 Å². The number of methoxy groups -OCH3 is 1. The van der Waals surface area contributed by atoms with Gasteiger partial charge >= 0.3 is 12.1 Å². The monoisotopic (exact) mass is 335 g/mol. The Balaban J connectivity index is 2.06. The van der Waals surface area contributed by atoms with Crippen LogP contribution in [0.1, 0.15) is 18.5 Å². The molecule has 2 unspecified atom stereocenters. The highest BCUT2D eigenvalue weighted by Gasteiger charge is 2.37. The Morgan fingerprint density at radius 1 is 1.48 bits per heavy atom. The molecule has 0 radical (unpaired) electrons. The van der Waals surface area contributed by atoms with Crippen molar-refractivity contribution >= 4 is 11.9 Å². The largest absolute Gasteiger partial charge is 0.481 e. The molecule has 0 aliphatic carbocycles. The number of likely N-dealkylation sites (tertiary alicyclic amines) is 1. The summed E-state index contributed by atoms with van der Waals surface area (Å²) >= 11 is 0. The predicted octanol–water partition coefficient (Wildman–Crippen LogP) is 0.992. The summed E-state index contributed by atoms with van der Waals surface area (Å²) in [6.07, 6.45) is -3.65. The van der Waals surface area contributed by atoms with Crippen molar-refractivity contribution in [1.29, 1.82) is 0 Å². The summed E-state index contributed by atoms with van der Waals surface area (Å²) in [6.45, 7) is -0.177. The maximum Gasteiger partial charge on any atom is 0.435 e. The molecule has 2 rings (SSSR count). The molecular formula is C13H16F3N3O4. The van der Waals surface area contributed by atoms with E-state index in [1.165, 1.54) is 12.0 Å². The molecule has 10 heteroatoms. The maximum absolute atomic E-state index is 12.5. The normalized spacial score (nSPS) is 21.7. The van der Waals surface area contributed by atoms with Gasteiger partial charge in [0, 0.05) is 25.9 Å². The van der Waals surface area contributed by atoms with Crippen LogP contribution in [0.2, 0.25) is 0 Å². The van der Waals surface area contributed by atoms with E-state index in [2.05, 4.69) is 5.10 Å². The molecule has 1 aromatic heterocycles. The van der Waals surface area contributed by atoms with E-state index in [1.54, 1.807) is 0 Å². The summed E-state index contributed by atoms with van der Waals surface area (Å²) in [7, 11) is 1.46. The molecule has 1 N–H and O–H groups in total. The van der Waals surface area contributed by atoms with Crippen LogP contribution in [-0.2, 0) is 27.0 Å². The molecule has 0 spiro atoms. The Kier molecular flexibility index (Phi) is 4.93. The number of rotatable bonds is 5. The van der Waals surface area contributed by atoms with Crippen molar-refractivity contribution in [2.45, 2.75) is 37.7 Å². The molecule has 23 heavy (non-hydrogen) atoms. The minimum atomic E-state index is -4.57. The van der Waals surface area contributed by atoms with Crippen molar-refractivity contribution in [3.8, 4) is 0 Å². The first-order chi connectivity index (χ1) is 10.7. The van der Waals surface area contributed by atoms with Crippen molar-refractivity contribution in [3.05, 3.63) is 18.0 Å². The average molecular weight is 335 g/mol. The van der Waals surface area contributed by atoms with Crippen LogP contribution in [0, 0.1) is 0 Å². The summed E-state index contributed by atoms with van der Waals surface area (Å²) in [5.74, 6) is -1.55. The number of aliphatic carboxylic acids is 1. The fourth-order valence-corrected chi connectivity index (χ4v) is 2.58. The van der Waals surface area contributed by atoms with Gasteiger partial charge in [0.05, 0.1) is 12.5 Å². The first kappa shape index (κ1) is 17.3. The molecule has 1 fully saturated rings. The predicted molar refractivity (Wildman–Crippen MR) is 70.4 cm³/mol. The molecule has 0 aromatic carbocycles. The molecular weight excluding hydrogens is 319 g/mol. The van der Waals surface area contributed by atoms with Crippen LogP contribution in [0.5, 0.6) is 0 Å². The van der Waals surface area contributed by atoms with Crippen LogP contribution in [0.3, 0.4) is 0 Å². The number of carbonyl (C=O) groups is 2. The zero-order valence-electron chi connectivity index (χ0n) is 12.3. The highest BCUT2D eigenvalue weighted by molar-refractivity contribution is 5.78. The van der Waals surface area contributed by atoms with Crippen LogP contribution < -0.4 is 0 Å². The molecule has 1 amide bonds. The summed E-state index contributed by atoms with van der Waals surface area (Å²) in [4.78, 5) is 24.5. The second kappa shape index (κ2) is 6.57. The number of carboxylic acid groups (broad SMARTS) is 1. The molecule has 1 aromatic rings. The third-order valence-corrected chi connectivity index (χ3v) is 3.67. The molecule has 128 valence electrons. The van der Waals surface area contributed by atoms with E-state index in [-0.39, 0.29) is 25.6 Å². The molecule has 0 saturated carbocycles. The van der Waals surface area contributed by atoms with Gasteiger partial charge in [-0.2, -0.15) is 18.3 Å². The number of carboxylic acids is 1. The van der Waals surface area contributed by atoms with Gasteiger partial charge < -0.3 is 14.7 Å². The lowest BCUT2D eigenvalue weighted by atomic mass is 10.1. The Labute approximate surface area is 129 Å². The Hall–Kier alpha value is -2.10. The van der Waals surface area contributed by atoms with Crippen molar-refractivity contribution in [3.63, 3.8) is 0 Å². The number of aromatic nitrogens is 2. The quantitative estimate of drug-likeness (QED) is 0.867. The number of nitrogens with zero attached hydrogens (tertiary/aromatic N) is 3. The van der Waals surface area contributed by atoms with E-state index in [0.717, 1.165) is 16.9 Å². The van der Waals surface area contributed by atoms with E-state index in [9.17, 15) is 22.8 Å². The van der Waals surface area contributed by atoms with Gasteiger partial charge in [-0.15, -0.1) is 0 Å². The molecule has 1 saturated heterocycles. The topological polar surface area (TPSA) is 84.7 Å². The SMILES string of the molecule is COC1CC(CC(=O)O)N(C(=O)Cn2ccc(C(F)(F)F)n2)C1. The smallest absolute Gasteiger partial charge is 0.435 e. The third-order valence-electron chi connectivity index (χ3n) is 3.67. The van der Waals surface area contributed by atoms with Crippen molar-refractivity contribution in [2.24, 2.45) is 0 Å². The molecule has 1 aliphatic rings. The van der Waals surface area contributed by atoms with Crippen molar-refractivity contribution in [1.82, 2.24) is 14.7 Å². The lowest BCUT2D eigenvalue weighted by Gasteiger charge is -2.23. The lowest BCUT2D eigenvalue weighted by Crippen LogP contribution is -2.39. The average Bonchev–Trinajstić information content (AvgIpc) is 3.04. The minimum absolute atomic E-state index is 0.209. The number of amides is 1. The first-order valence-corrected chi connectivity index (χ1v) is 6.85. The van der Waals surface area contributed by atoms with E-state index in [4.69, 9.17) is 9.84 Å². The van der Waals surface area contributed by atoms with E-state index in [0.29, 0.717) is 6.42 Å². The van der Waals surface area contributed by atoms with E-state index < -0.39 is 29.8 Å². The summed E-state index contributed by atoms with van der Waals surface area (Å²) in [5.41, 5.74) is -1.08. The lowest BCUT2D eigenvalue weighted by molar-refractivity contribution is -0.143. The Morgan fingerprint density at radius 3 is 2.70 bits per heavy atom. The van der Waals surface area contributed by atoms with E-state index in [1.807, 2.05) is 0 Å². The van der Waals surface area contributed by atoms with Crippen molar-refractivity contribution < 1.29 is 32.6 Å². The van der Waals surface area contributed by atoms with Gasteiger partial charge in [-0.05, 0) is 12.5 Å². The molecule has 0 bridgehead atoms. The Morgan fingerprint density at radius 2 is 2.17 bits per heavy atom. The second-order valence-corrected chi connectivity index (χ2v) is 5.29. The second-order valence-electron chi connectivity index (χ2n) is 5.29. The highest BCUT2D eigenvalue weighted by Crippen LogP contribution is 2.27. The van der Waals surface area contributed by atoms with Gasteiger partial charge in [-0.3, -0.25) is 14.3 Å². The fraction of sp³-hybridized carbons (Fsp3) is 0.615. The van der Waals surface area contributed by atoms with Crippen LogP contribution in [0.15, 0.2) is 12.3 Å². The summed E-state index contributed by atoms with van der Waals surface area (Å²) in [5, 5.41) is 12.2. The van der Waals surface area contributed by atoms with E-state index >= 15 is 0 Å². The summed E-state index contributed by atoms with van der Waals surface area (Å²) in [6, 6.07) is 0.242. The first-order valence-electron chi connectivity index (χ1n) is 6.85. The van der Waals surface area contributed by atoms with Crippen LogP contribution >= 0.6 is 0 Å². The molecule has 1 aliphatic heterocycles. The summed E-state index contributed by atoms with van der Waals surface area (Å²) < 4.78 is 43.5. The number of hydrogen-bond acceptors (Lipinski definition) is 4. The van der Waals surface area contributed by atoms with Gasteiger partial charge in [-0.1, -0.05) is 0 Å². The van der Waals surface area contributed by atoms with Crippen molar-refractivity contribution in [2.75, 3.05) is 13.7 Å². The number of carbonyl (C=O) groups excluding carboxylic acids is 1. The number of ether oxygens (including phenoxy) is 1. The maximum atomic E-state index is 12.5. The molecule has 2 atom stereocenters. The number of alkyl halides is 3. The zero-order chi connectivity index (χ0) is 17.2. The third kappa shape index (κ3) is 4.21. The highest BCUT2D eigenvalue weighted by atomic mass is 19.4. The van der Waals surface area contributed by atoms with Crippen LogP contribution in [0.25, 0.3) is 0 Å². The van der Waals surface area contributed by atoms with Crippen LogP contribution in [-0.4, -0.2) is 57.5 Å². The van der Waals surface area contributed by atoms with Gasteiger partial charge in [0.1, 0.15) is 6.54 Å². The van der Waals surface area contributed by atoms with Gasteiger partial charge in [0.15, 0.2) is 5.69 Å². The minimum Gasteiger partial charge on any atom is -0.481 e. The fourth-order valence-electron chi connectivity index (χ4n) is 2.58.